The molecule has 0 aromatic carbocycles. The highest BCUT2D eigenvalue weighted by molar-refractivity contribution is 7.16. The van der Waals surface area contributed by atoms with Crippen molar-refractivity contribution in [1.82, 2.24) is 29.8 Å². The van der Waals surface area contributed by atoms with Crippen molar-refractivity contribution in [3.63, 3.8) is 0 Å². The van der Waals surface area contributed by atoms with Crippen LogP contribution in [-0.4, -0.2) is 74.2 Å². The number of anilines is 2. The minimum absolute atomic E-state index is 0.214. The second-order valence-corrected chi connectivity index (χ2v) is 14.6. The van der Waals surface area contributed by atoms with E-state index in [0.29, 0.717) is 40.5 Å². The Morgan fingerprint density at radius 3 is 2.65 bits per heavy atom. The maximum Gasteiger partial charge on any atom is 0.186 e. The third kappa shape index (κ3) is 4.35. The summed E-state index contributed by atoms with van der Waals surface area (Å²) in [7, 11) is 6.16. The Morgan fingerprint density at radius 1 is 1.21 bits per heavy atom. The minimum atomic E-state index is -0.925. The molecule has 0 unspecified atom stereocenters. The number of aromatic nitrogens is 5. The lowest BCUT2D eigenvalue weighted by molar-refractivity contribution is 0.0885. The first-order chi connectivity index (χ1) is 20.5. The Bertz CT molecular complexity index is 1750. The highest BCUT2D eigenvalue weighted by Crippen LogP contribution is 2.55. The molecule has 3 aliphatic rings. The molecule has 43 heavy (non-hydrogen) atoms. The van der Waals surface area contributed by atoms with E-state index in [2.05, 4.69) is 30.2 Å². The molecule has 3 aliphatic carbocycles. The molecule has 1 spiro atoms. The molecule has 12 heteroatoms. The fourth-order valence-electron chi connectivity index (χ4n) is 7.77. The number of nitrogens with zero attached hydrogens (tertiary/aromatic N) is 8. The monoisotopic (exact) mass is 601 g/mol. The quantitative estimate of drug-likeness (QED) is 0.325. The van der Waals surface area contributed by atoms with Gasteiger partial charge in [0.05, 0.1) is 34.2 Å². The molecule has 4 aromatic rings. The van der Waals surface area contributed by atoms with Gasteiger partial charge in [-0.05, 0) is 84.9 Å². The van der Waals surface area contributed by atoms with E-state index in [-0.39, 0.29) is 6.04 Å². The van der Waals surface area contributed by atoms with E-state index < -0.39 is 11.0 Å². The zero-order chi connectivity index (χ0) is 30.3. The molecule has 0 radical (unpaired) electrons. The fraction of sp³-hybridized carbons (Fsp3) is 0.581. The maximum absolute atomic E-state index is 10.7. The lowest BCUT2D eigenvalue weighted by Gasteiger charge is -2.41. The van der Waals surface area contributed by atoms with Gasteiger partial charge in [-0.3, -0.25) is 0 Å². The lowest BCUT2D eigenvalue weighted by atomic mass is 9.63. The predicted molar refractivity (Wildman–Crippen MR) is 166 cm³/mol. The van der Waals surface area contributed by atoms with Gasteiger partial charge in [-0.25, -0.2) is 14.6 Å². The van der Waals surface area contributed by atoms with Gasteiger partial charge in [0.1, 0.15) is 16.9 Å². The molecule has 4 heterocycles. The van der Waals surface area contributed by atoms with Crippen LogP contribution in [0.25, 0.3) is 22.6 Å². The summed E-state index contributed by atoms with van der Waals surface area (Å²) in [5.41, 5.74) is 9.08. The molecule has 226 valence electrons. The number of fused-ring (bicyclic) bond motifs is 5. The Kier molecular flexibility index (Phi) is 6.57. The topological polar surface area (TPSA) is 146 Å². The van der Waals surface area contributed by atoms with Gasteiger partial charge < -0.3 is 25.2 Å². The first kappa shape index (κ1) is 28.3. The highest BCUT2D eigenvalue weighted by Gasteiger charge is 2.49. The van der Waals surface area contributed by atoms with E-state index >= 15 is 0 Å². The average Bonchev–Trinajstić information content (AvgIpc) is 3.62. The van der Waals surface area contributed by atoms with Gasteiger partial charge >= 0.3 is 0 Å². The van der Waals surface area contributed by atoms with Crippen LogP contribution in [-0.2, 0) is 18.3 Å². The highest BCUT2D eigenvalue weighted by atomic mass is 32.1. The molecule has 7 rings (SSSR count). The summed E-state index contributed by atoms with van der Waals surface area (Å²) in [4.78, 5) is 15.6. The van der Waals surface area contributed by atoms with Crippen LogP contribution in [0.1, 0.15) is 85.7 Å². The van der Waals surface area contributed by atoms with Crippen LogP contribution in [0.3, 0.4) is 0 Å². The van der Waals surface area contributed by atoms with Gasteiger partial charge in [-0.2, -0.15) is 10.4 Å². The number of nitrogens with two attached hydrogens (primary N) is 1. The summed E-state index contributed by atoms with van der Waals surface area (Å²) in [5, 5.41) is 31.7. The number of likely N-dealkylation sites (N-methyl/N-ethyl adjacent to an activating group) is 2. The van der Waals surface area contributed by atoms with Crippen LogP contribution in [0, 0.1) is 11.3 Å². The van der Waals surface area contributed by atoms with E-state index in [9.17, 15) is 10.4 Å². The van der Waals surface area contributed by atoms with Crippen LogP contribution in [0.2, 0.25) is 0 Å². The number of rotatable bonds is 6. The first-order valence-electron chi connectivity index (χ1n) is 15.2. The number of nitriles is 1. The zero-order valence-electron chi connectivity index (χ0n) is 25.5. The summed E-state index contributed by atoms with van der Waals surface area (Å²) in [6.45, 7) is 3.97. The molecule has 1 saturated carbocycles. The van der Waals surface area contributed by atoms with Crippen LogP contribution in [0.15, 0.2) is 10.7 Å². The van der Waals surface area contributed by atoms with Crippen molar-refractivity contribution < 1.29 is 9.63 Å². The van der Waals surface area contributed by atoms with Crippen molar-refractivity contribution in [2.75, 3.05) is 38.3 Å². The number of hydrogen-bond acceptors (Lipinski definition) is 11. The fourth-order valence-corrected chi connectivity index (χ4v) is 8.94. The summed E-state index contributed by atoms with van der Waals surface area (Å²) < 4.78 is 8.32. The van der Waals surface area contributed by atoms with Crippen molar-refractivity contribution in [3.8, 4) is 17.6 Å². The van der Waals surface area contributed by atoms with Crippen molar-refractivity contribution in [2.24, 2.45) is 0 Å². The van der Waals surface area contributed by atoms with E-state index in [1.807, 2.05) is 22.8 Å². The standard InChI is InChI=1S/C31H39N9O2S/c1-30(2,41)16-39(5)28-19-15-34-40(21-11-10-20(21)38(3)4)29(19)36-27(35-28)24-17-8-6-12-31(25(17)42-37-24)13-7-9-22-23(31)18(14-32)26(33)43-22/h15,20-21,41H,6-13,16,33H2,1-5H3/t20-,21-,31-/m0/s1. The SMILES string of the molecule is CN(CC(C)(C)O)c1nc(-c2noc3c2CCC[C@@]32CCCc3sc(N)c(C#N)c32)nc2c1cnn2[C@H]1CC[C@@H]1N(C)C. The molecule has 3 atom stereocenters. The average molecular weight is 602 g/mol. The van der Waals surface area contributed by atoms with Crippen molar-refractivity contribution in [3.05, 3.63) is 33.5 Å². The molecular formula is C31H39N9O2S. The minimum Gasteiger partial charge on any atom is -0.389 e. The van der Waals surface area contributed by atoms with Crippen LogP contribution in [0.5, 0.6) is 0 Å². The molecule has 1 fully saturated rings. The maximum atomic E-state index is 10.7. The van der Waals surface area contributed by atoms with Crippen LogP contribution in [0.4, 0.5) is 10.8 Å². The lowest BCUT2D eigenvalue weighted by Crippen LogP contribution is -2.44. The van der Waals surface area contributed by atoms with Crippen LogP contribution >= 0.6 is 11.3 Å². The van der Waals surface area contributed by atoms with E-state index in [1.165, 1.54) is 4.88 Å². The summed E-state index contributed by atoms with van der Waals surface area (Å²) in [5.74, 6) is 2.03. The first-order valence-corrected chi connectivity index (χ1v) is 16.0. The summed E-state index contributed by atoms with van der Waals surface area (Å²) >= 11 is 1.54. The normalized spacial score (nSPS) is 23.3. The summed E-state index contributed by atoms with van der Waals surface area (Å²) in [6.07, 6.45) is 9.46. The van der Waals surface area contributed by atoms with E-state index in [1.54, 1.807) is 25.2 Å². The Balaban J connectivity index is 1.40. The molecule has 4 aromatic heterocycles. The molecule has 0 aliphatic heterocycles. The number of nitrogen functional groups attached to an aromatic ring is 1. The van der Waals surface area contributed by atoms with E-state index in [0.717, 1.165) is 79.3 Å². The van der Waals surface area contributed by atoms with Gasteiger partial charge in [0.25, 0.3) is 0 Å². The second-order valence-electron chi connectivity index (χ2n) is 13.4. The third-order valence-electron chi connectivity index (χ3n) is 9.67. The molecule has 3 N–H and O–H groups in total. The molecule has 0 saturated heterocycles. The van der Waals surface area contributed by atoms with Crippen molar-refractivity contribution in [2.45, 2.75) is 88.3 Å². The zero-order valence-corrected chi connectivity index (χ0v) is 26.3. The number of aliphatic hydroxyl groups is 1. The molecule has 0 amide bonds. The number of aryl methyl sites for hydroxylation is 1. The Hall–Kier alpha value is -3.53. The molecule has 11 nitrogen and oxygen atoms in total. The van der Waals surface area contributed by atoms with E-state index in [4.69, 9.17) is 25.3 Å². The van der Waals surface area contributed by atoms with Gasteiger partial charge in [0.15, 0.2) is 22.9 Å². The second kappa shape index (κ2) is 10.0. The summed E-state index contributed by atoms with van der Waals surface area (Å²) in [6, 6.07) is 2.99. The smallest absolute Gasteiger partial charge is 0.186 e. The molecule has 0 bridgehead atoms. The largest absolute Gasteiger partial charge is 0.389 e. The Morgan fingerprint density at radius 2 is 1.98 bits per heavy atom. The van der Waals surface area contributed by atoms with Crippen molar-refractivity contribution >= 4 is 33.2 Å². The third-order valence-corrected chi connectivity index (χ3v) is 10.7. The number of thiophene rings is 1. The van der Waals surface area contributed by atoms with Gasteiger partial charge in [-0.15, -0.1) is 11.3 Å². The van der Waals surface area contributed by atoms with Gasteiger partial charge in [0.2, 0.25) is 0 Å². The van der Waals surface area contributed by atoms with Crippen LogP contribution < -0.4 is 10.6 Å². The Labute approximate surface area is 255 Å². The predicted octanol–water partition coefficient (Wildman–Crippen LogP) is 4.43. The van der Waals surface area contributed by atoms with Gasteiger partial charge in [0, 0.05) is 30.1 Å². The number of hydrogen-bond donors (Lipinski definition) is 2. The van der Waals surface area contributed by atoms with Gasteiger partial charge in [-0.1, -0.05) is 5.16 Å². The molecular weight excluding hydrogens is 562 g/mol. The van der Waals surface area contributed by atoms with Crippen molar-refractivity contribution in [1.29, 1.82) is 5.26 Å².